The number of carbonyl (C=O) groups excluding carboxylic acids is 2. The van der Waals surface area contributed by atoms with E-state index in [0.717, 1.165) is 6.42 Å². The minimum Gasteiger partial charge on any atom is -0.508 e. The molecule has 0 saturated carbocycles. The predicted molar refractivity (Wildman–Crippen MR) is 98.5 cm³/mol. The lowest BCUT2D eigenvalue weighted by atomic mass is 9.92. The lowest BCUT2D eigenvalue weighted by Gasteiger charge is -2.27. The highest BCUT2D eigenvalue weighted by Crippen LogP contribution is 2.29. The summed E-state index contributed by atoms with van der Waals surface area (Å²) < 4.78 is 0. The van der Waals surface area contributed by atoms with Crippen LogP contribution in [0.4, 0.5) is 0 Å². The van der Waals surface area contributed by atoms with Crippen LogP contribution in [0.3, 0.4) is 0 Å². The Kier molecular flexibility index (Phi) is 6.05. The first-order valence-corrected chi connectivity index (χ1v) is 9.14. The highest BCUT2D eigenvalue weighted by atomic mass is 32.2. The first kappa shape index (κ1) is 19.2. The summed E-state index contributed by atoms with van der Waals surface area (Å²) in [6.07, 6.45) is 4.40. The highest BCUT2D eigenvalue weighted by molar-refractivity contribution is 8.16. The molecule has 0 radical (unpaired) electrons. The molecule has 7 nitrogen and oxygen atoms in total. The van der Waals surface area contributed by atoms with Crippen molar-refractivity contribution in [2.75, 3.05) is 5.75 Å². The summed E-state index contributed by atoms with van der Waals surface area (Å²) in [5, 5.41) is 25.2. The quantitative estimate of drug-likeness (QED) is 0.380. The number of hydrogen-bond acceptors (Lipinski definition) is 7. The van der Waals surface area contributed by atoms with E-state index >= 15 is 0 Å². The average molecular weight is 365 g/mol. The molecule has 0 bridgehead atoms. The molecule has 0 aromatic carbocycles. The number of thioether (sulfide) groups is 1. The smallest absolute Gasteiger partial charge is 0.249 e. The maximum atomic E-state index is 12.8. The van der Waals surface area contributed by atoms with Crippen LogP contribution >= 0.6 is 11.8 Å². The van der Waals surface area contributed by atoms with Gasteiger partial charge in [0.15, 0.2) is 5.78 Å². The van der Waals surface area contributed by atoms with Crippen LogP contribution < -0.4 is 5.32 Å². The molecule has 1 amide bonds. The minimum atomic E-state index is -0.963. The van der Waals surface area contributed by atoms with Crippen LogP contribution in [-0.2, 0) is 9.59 Å². The number of aliphatic hydroxyl groups is 1. The molecule has 2 rings (SSSR count). The van der Waals surface area contributed by atoms with Gasteiger partial charge in [-0.05, 0) is 31.9 Å². The van der Waals surface area contributed by atoms with Gasteiger partial charge >= 0.3 is 0 Å². The standard InChI is InChI=1S/C17H23N3O4S/c1-4-5-14(11-6-12(21)8-13(22)7-11)18-16(23)17(3)9-25-15(19-17)10(2)20-24/h6,8,14,21,24H,4-5,7,9H2,1-3H3,(H,18,23)/b20-10-/t14-,17+/m1/s1. The second-order valence-corrected chi connectivity index (χ2v) is 7.38. The van der Waals surface area contributed by atoms with Crippen LogP contribution in [0, 0.1) is 0 Å². The Morgan fingerprint density at radius 1 is 1.52 bits per heavy atom. The summed E-state index contributed by atoms with van der Waals surface area (Å²) in [5.74, 6) is -0.0628. The van der Waals surface area contributed by atoms with Crippen LogP contribution in [0.25, 0.3) is 0 Å². The van der Waals surface area contributed by atoms with Crippen molar-refractivity contribution in [3.63, 3.8) is 0 Å². The second-order valence-electron chi connectivity index (χ2n) is 6.41. The Morgan fingerprint density at radius 2 is 2.24 bits per heavy atom. The van der Waals surface area contributed by atoms with Gasteiger partial charge in [-0.1, -0.05) is 18.5 Å². The van der Waals surface area contributed by atoms with E-state index in [-0.39, 0.29) is 29.9 Å². The van der Waals surface area contributed by atoms with Gasteiger partial charge < -0.3 is 15.6 Å². The number of aliphatic hydroxyl groups excluding tert-OH is 1. The van der Waals surface area contributed by atoms with E-state index in [4.69, 9.17) is 5.21 Å². The fourth-order valence-corrected chi connectivity index (χ4v) is 3.85. The van der Waals surface area contributed by atoms with E-state index in [9.17, 15) is 14.7 Å². The number of rotatable bonds is 6. The largest absolute Gasteiger partial charge is 0.508 e. The first-order chi connectivity index (χ1) is 11.8. The van der Waals surface area contributed by atoms with Crippen molar-refractivity contribution in [1.82, 2.24) is 5.32 Å². The van der Waals surface area contributed by atoms with Crippen LogP contribution in [0.2, 0.25) is 0 Å². The molecule has 0 fully saturated rings. The molecule has 8 heteroatoms. The Labute approximate surface area is 151 Å². The zero-order valence-electron chi connectivity index (χ0n) is 14.6. The molecular formula is C17H23N3O4S. The number of oxime groups is 1. The second kappa shape index (κ2) is 7.86. The molecule has 0 aromatic rings. The van der Waals surface area contributed by atoms with E-state index in [1.807, 2.05) is 6.92 Å². The summed E-state index contributed by atoms with van der Waals surface area (Å²) in [7, 11) is 0. The van der Waals surface area contributed by atoms with Gasteiger partial charge in [-0.2, -0.15) is 0 Å². The number of amides is 1. The van der Waals surface area contributed by atoms with Crippen molar-refractivity contribution < 1.29 is 19.9 Å². The molecule has 0 saturated heterocycles. The van der Waals surface area contributed by atoms with Gasteiger partial charge in [0.2, 0.25) is 5.91 Å². The summed E-state index contributed by atoms with van der Waals surface area (Å²) in [6, 6.07) is -0.328. The average Bonchev–Trinajstić information content (AvgIpc) is 2.96. The molecule has 2 atom stereocenters. The molecule has 136 valence electrons. The molecule has 1 heterocycles. The van der Waals surface area contributed by atoms with Gasteiger partial charge in [0.25, 0.3) is 0 Å². The minimum absolute atomic E-state index is 0.0840. The highest BCUT2D eigenvalue weighted by Gasteiger charge is 2.40. The van der Waals surface area contributed by atoms with Gasteiger partial charge in [-0.25, -0.2) is 0 Å². The number of nitrogens with one attached hydrogen (secondary N) is 1. The van der Waals surface area contributed by atoms with E-state index < -0.39 is 5.54 Å². The summed E-state index contributed by atoms with van der Waals surface area (Å²) in [4.78, 5) is 28.9. The zero-order valence-corrected chi connectivity index (χ0v) is 15.4. The number of ketones is 1. The van der Waals surface area contributed by atoms with Crippen LogP contribution in [-0.4, -0.2) is 50.1 Å². The predicted octanol–water partition coefficient (Wildman–Crippen LogP) is 2.37. The van der Waals surface area contributed by atoms with Gasteiger partial charge in [0.1, 0.15) is 22.1 Å². The molecule has 1 aliphatic carbocycles. The number of allylic oxidation sites excluding steroid dienone is 2. The Morgan fingerprint density at radius 3 is 2.84 bits per heavy atom. The molecule has 25 heavy (non-hydrogen) atoms. The molecule has 3 N–H and O–H groups in total. The Bertz CT molecular complexity index is 696. The fraction of sp³-hybridized carbons (Fsp3) is 0.529. The maximum absolute atomic E-state index is 12.8. The lowest BCUT2D eigenvalue weighted by Crippen LogP contribution is -2.48. The lowest BCUT2D eigenvalue weighted by molar-refractivity contribution is -0.125. The third-order valence-electron chi connectivity index (χ3n) is 4.14. The molecular weight excluding hydrogens is 342 g/mol. The molecule has 0 spiro atoms. The molecule has 0 aromatic heterocycles. The van der Waals surface area contributed by atoms with Crippen molar-refractivity contribution in [3.8, 4) is 0 Å². The first-order valence-electron chi connectivity index (χ1n) is 8.15. The summed E-state index contributed by atoms with van der Waals surface area (Å²) >= 11 is 1.37. The summed E-state index contributed by atoms with van der Waals surface area (Å²) in [5.41, 5.74) is 0.115. The van der Waals surface area contributed by atoms with Gasteiger partial charge in [-0.3, -0.25) is 14.6 Å². The number of hydrogen-bond donors (Lipinski definition) is 3. The van der Waals surface area contributed by atoms with Crippen LogP contribution in [0.5, 0.6) is 0 Å². The normalized spacial score (nSPS) is 25.2. The Balaban J connectivity index is 2.17. The maximum Gasteiger partial charge on any atom is 0.249 e. The van der Waals surface area contributed by atoms with E-state index in [0.29, 0.717) is 28.5 Å². The molecule has 1 aliphatic heterocycles. The van der Waals surface area contributed by atoms with E-state index in [1.54, 1.807) is 19.9 Å². The zero-order chi connectivity index (χ0) is 18.6. The van der Waals surface area contributed by atoms with Crippen molar-refractivity contribution in [2.24, 2.45) is 10.1 Å². The topological polar surface area (TPSA) is 111 Å². The third-order valence-corrected chi connectivity index (χ3v) is 5.50. The van der Waals surface area contributed by atoms with Crippen molar-refractivity contribution >= 4 is 34.2 Å². The molecule has 2 aliphatic rings. The number of aliphatic imine (C=N–C) groups is 1. The van der Waals surface area contributed by atoms with E-state index in [1.165, 1.54) is 17.8 Å². The van der Waals surface area contributed by atoms with Crippen LogP contribution in [0.15, 0.2) is 33.6 Å². The van der Waals surface area contributed by atoms with Crippen molar-refractivity contribution in [3.05, 3.63) is 23.5 Å². The fourth-order valence-electron chi connectivity index (χ4n) is 2.72. The third kappa shape index (κ3) is 4.50. The van der Waals surface area contributed by atoms with Crippen LogP contribution in [0.1, 0.15) is 40.0 Å². The Hall–Kier alpha value is -2.09. The van der Waals surface area contributed by atoms with Gasteiger partial charge in [0, 0.05) is 18.2 Å². The van der Waals surface area contributed by atoms with E-state index in [2.05, 4.69) is 15.5 Å². The monoisotopic (exact) mass is 365 g/mol. The van der Waals surface area contributed by atoms with Crippen molar-refractivity contribution in [1.29, 1.82) is 0 Å². The number of carbonyl (C=O) groups is 2. The molecule has 0 unspecified atom stereocenters. The van der Waals surface area contributed by atoms with Gasteiger partial charge in [0.05, 0.1) is 6.04 Å². The SMILES string of the molecule is CCC[C@@H](NC(=O)[C@]1(C)CSC(/C(C)=N\O)=N1)C1=CC(O)=CC(=O)C1. The van der Waals surface area contributed by atoms with Gasteiger partial charge in [-0.15, -0.1) is 11.8 Å². The summed E-state index contributed by atoms with van der Waals surface area (Å²) in [6.45, 7) is 5.35. The number of nitrogens with zero attached hydrogens (tertiary/aromatic N) is 2. The van der Waals surface area contributed by atoms with Crippen molar-refractivity contribution in [2.45, 2.75) is 51.6 Å².